The third kappa shape index (κ3) is 2.27. The highest BCUT2D eigenvalue weighted by atomic mass is 16.2. The molecule has 1 aliphatic rings. The number of carbonyl (C=O) groups excluding carboxylic acids is 1. The van der Waals surface area contributed by atoms with Gasteiger partial charge in [0.25, 0.3) is 0 Å². The zero-order valence-electron chi connectivity index (χ0n) is 9.38. The maximum Gasteiger partial charge on any atom is 0.230 e. The van der Waals surface area contributed by atoms with Gasteiger partial charge in [0.2, 0.25) is 5.91 Å². The van der Waals surface area contributed by atoms with E-state index in [1.807, 2.05) is 4.90 Å². The van der Waals surface area contributed by atoms with Crippen molar-refractivity contribution < 1.29 is 4.79 Å². The Morgan fingerprint density at radius 2 is 1.79 bits per heavy atom. The molecule has 1 fully saturated rings. The molecule has 3 heteroatoms. The molecule has 0 atom stereocenters. The van der Waals surface area contributed by atoms with E-state index >= 15 is 0 Å². The molecule has 1 rings (SSSR count). The van der Waals surface area contributed by atoms with E-state index < -0.39 is 0 Å². The van der Waals surface area contributed by atoms with Crippen molar-refractivity contribution in [3.63, 3.8) is 0 Å². The Kier molecular flexibility index (Phi) is 3.93. The highest BCUT2D eigenvalue weighted by Crippen LogP contribution is 2.46. The first-order chi connectivity index (χ1) is 6.70. The van der Waals surface area contributed by atoms with Gasteiger partial charge in [0.15, 0.2) is 0 Å². The average molecular weight is 198 g/mol. The molecule has 82 valence electrons. The van der Waals surface area contributed by atoms with Gasteiger partial charge in [-0.15, -0.1) is 0 Å². The maximum absolute atomic E-state index is 12.1. The van der Waals surface area contributed by atoms with E-state index in [4.69, 9.17) is 5.73 Å². The summed E-state index contributed by atoms with van der Waals surface area (Å²) >= 11 is 0. The summed E-state index contributed by atoms with van der Waals surface area (Å²) in [6.45, 7) is 6.51. The Morgan fingerprint density at radius 1 is 1.29 bits per heavy atom. The molecule has 0 aromatic carbocycles. The molecule has 1 amide bonds. The first kappa shape index (κ1) is 11.5. The molecule has 0 aliphatic heterocycles. The number of hydrogen-bond donors (Lipinski definition) is 1. The zero-order valence-corrected chi connectivity index (χ0v) is 9.38. The molecule has 0 spiro atoms. The lowest BCUT2D eigenvalue weighted by Crippen LogP contribution is -2.41. The zero-order chi connectivity index (χ0) is 10.6. The fourth-order valence-corrected chi connectivity index (χ4v) is 1.85. The number of hydrogen-bond acceptors (Lipinski definition) is 2. The highest BCUT2D eigenvalue weighted by molar-refractivity contribution is 5.85. The minimum absolute atomic E-state index is 0.162. The minimum Gasteiger partial charge on any atom is -0.342 e. The minimum atomic E-state index is -0.162. The molecule has 3 nitrogen and oxygen atoms in total. The van der Waals surface area contributed by atoms with Crippen molar-refractivity contribution in [2.75, 3.05) is 19.6 Å². The van der Waals surface area contributed by atoms with Crippen molar-refractivity contribution in [3.8, 4) is 0 Å². The molecule has 0 unspecified atom stereocenters. The predicted molar refractivity (Wildman–Crippen MR) is 57.9 cm³/mol. The van der Waals surface area contributed by atoms with Crippen LogP contribution in [-0.4, -0.2) is 30.4 Å². The Labute approximate surface area is 86.6 Å². The van der Waals surface area contributed by atoms with Crippen molar-refractivity contribution in [1.82, 2.24) is 4.90 Å². The Balaban J connectivity index is 2.54. The molecule has 0 aromatic heterocycles. The van der Waals surface area contributed by atoms with E-state index in [1.54, 1.807) is 0 Å². The normalized spacial score (nSPS) is 17.9. The van der Waals surface area contributed by atoms with Crippen LogP contribution >= 0.6 is 0 Å². The van der Waals surface area contributed by atoms with Gasteiger partial charge >= 0.3 is 0 Å². The van der Waals surface area contributed by atoms with Crippen LogP contribution in [0.1, 0.15) is 39.5 Å². The Bertz CT molecular complexity index is 193. The molecule has 0 bridgehead atoms. The van der Waals surface area contributed by atoms with Gasteiger partial charge in [-0.2, -0.15) is 0 Å². The fourth-order valence-electron chi connectivity index (χ4n) is 1.85. The van der Waals surface area contributed by atoms with Gasteiger partial charge in [-0.3, -0.25) is 4.79 Å². The quantitative estimate of drug-likeness (QED) is 0.700. The topological polar surface area (TPSA) is 46.3 Å². The smallest absolute Gasteiger partial charge is 0.230 e. The summed E-state index contributed by atoms with van der Waals surface area (Å²) in [5, 5.41) is 0. The van der Waals surface area contributed by atoms with Gasteiger partial charge in [0.05, 0.1) is 5.41 Å². The van der Waals surface area contributed by atoms with E-state index in [2.05, 4.69) is 13.8 Å². The first-order valence-corrected chi connectivity index (χ1v) is 5.69. The lowest BCUT2D eigenvalue weighted by Gasteiger charge is -2.26. The van der Waals surface area contributed by atoms with Crippen LogP contribution in [0, 0.1) is 5.41 Å². The van der Waals surface area contributed by atoms with Crippen molar-refractivity contribution in [1.29, 1.82) is 0 Å². The van der Waals surface area contributed by atoms with E-state index in [9.17, 15) is 4.79 Å². The van der Waals surface area contributed by atoms with E-state index in [0.29, 0.717) is 12.5 Å². The second kappa shape index (κ2) is 4.78. The molecule has 0 aromatic rings. The van der Waals surface area contributed by atoms with Gasteiger partial charge in [-0.05, 0) is 25.7 Å². The lowest BCUT2D eigenvalue weighted by atomic mass is 10.1. The van der Waals surface area contributed by atoms with E-state index in [-0.39, 0.29) is 5.41 Å². The van der Waals surface area contributed by atoms with Crippen LogP contribution in [0.15, 0.2) is 0 Å². The molecule has 0 radical (unpaired) electrons. The number of rotatable bonds is 6. The van der Waals surface area contributed by atoms with E-state index in [1.165, 1.54) is 0 Å². The molecule has 0 saturated heterocycles. The lowest BCUT2D eigenvalue weighted by molar-refractivity contribution is -0.136. The maximum atomic E-state index is 12.1. The third-order valence-electron chi connectivity index (χ3n) is 2.97. The summed E-state index contributed by atoms with van der Waals surface area (Å²) in [5.41, 5.74) is 5.49. The molecule has 14 heavy (non-hydrogen) atoms. The molecule has 1 saturated carbocycles. The van der Waals surface area contributed by atoms with Crippen LogP contribution in [0.3, 0.4) is 0 Å². The van der Waals surface area contributed by atoms with Crippen LogP contribution in [0.25, 0.3) is 0 Å². The predicted octanol–water partition coefficient (Wildman–Crippen LogP) is 1.37. The van der Waals surface area contributed by atoms with Crippen molar-refractivity contribution >= 4 is 5.91 Å². The number of nitrogens with two attached hydrogens (primary N) is 1. The van der Waals surface area contributed by atoms with Gasteiger partial charge < -0.3 is 10.6 Å². The summed E-state index contributed by atoms with van der Waals surface area (Å²) < 4.78 is 0. The second-order valence-electron chi connectivity index (χ2n) is 4.28. The summed E-state index contributed by atoms with van der Waals surface area (Å²) in [5.74, 6) is 0.295. The Hall–Kier alpha value is -0.570. The van der Waals surface area contributed by atoms with Gasteiger partial charge in [-0.1, -0.05) is 13.8 Å². The Morgan fingerprint density at radius 3 is 2.07 bits per heavy atom. The monoisotopic (exact) mass is 198 g/mol. The summed E-state index contributed by atoms with van der Waals surface area (Å²) in [6, 6.07) is 0. The second-order valence-corrected chi connectivity index (χ2v) is 4.28. The standard InChI is InChI=1S/C11H22N2O/c1-3-7-13(8-4-2)10(14)11(9-12)5-6-11/h3-9,12H2,1-2H3. The summed E-state index contributed by atoms with van der Waals surface area (Å²) in [4.78, 5) is 14.1. The largest absolute Gasteiger partial charge is 0.342 e. The van der Waals surface area contributed by atoms with Crippen molar-refractivity contribution in [2.45, 2.75) is 39.5 Å². The van der Waals surface area contributed by atoms with Crippen LogP contribution in [0.5, 0.6) is 0 Å². The molecular weight excluding hydrogens is 176 g/mol. The van der Waals surface area contributed by atoms with E-state index in [0.717, 1.165) is 38.8 Å². The molecule has 2 N–H and O–H groups in total. The van der Waals surface area contributed by atoms with Crippen molar-refractivity contribution in [2.24, 2.45) is 11.1 Å². The molecule has 1 aliphatic carbocycles. The van der Waals surface area contributed by atoms with Crippen molar-refractivity contribution in [3.05, 3.63) is 0 Å². The highest BCUT2D eigenvalue weighted by Gasteiger charge is 2.50. The van der Waals surface area contributed by atoms with Gasteiger partial charge in [0, 0.05) is 19.6 Å². The van der Waals surface area contributed by atoms with Crippen LogP contribution in [-0.2, 0) is 4.79 Å². The van der Waals surface area contributed by atoms with Crippen LogP contribution in [0.4, 0.5) is 0 Å². The first-order valence-electron chi connectivity index (χ1n) is 5.69. The number of amides is 1. The summed E-state index contributed by atoms with van der Waals surface area (Å²) in [7, 11) is 0. The van der Waals surface area contributed by atoms with Crippen LogP contribution in [0.2, 0.25) is 0 Å². The number of carbonyl (C=O) groups is 1. The fraction of sp³-hybridized carbons (Fsp3) is 0.909. The SMILES string of the molecule is CCCN(CCC)C(=O)C1(CN)CC1. The van der Waals surface area contributed by atoms with Crippen LogP contribution < -0.4 is 5.73 Å². The third-order valence-corrected chi connectivity index (χ3v) is 2.97. The summed E-state index contributed by atoms with van der Waals surface area (Å²) in [6.07, 6.45) is 4.05. The molecule has 0 heterocycles. The average Bonchev–Trinajstić information content (AvgIpc) is 2.97. The van der Waals surface area contributed by atoms with Gasteiger partial charge in [0.1, 0.15) is 0 Å². The number of nitrogens with zero attached hydrogens (tertiary/aromatic N) is 1. The van der Waals surface area contributed by atoms with Gasteiger partial charge in [-0.25, -0.2) is 0 Å². The molecular formula is C11H22N2O.